The largest absolute Gasteiger partial charge is 0.342 e. The number of anilines is 1. The van der Waals surface area contributed by atoms with E-state index in [0.717, 1.165) is 16.8 Å². The third-order valence-electron chi connectivity index (χ3n) is 3.02. The van der Waals surface area contributed by atoms with Crippen LogP contribution in [0.25, 0.3) is 6.08 Å². The molecule has 2 rings (SSSR count). The summed E-state index contributed by atoms with van der Waals surface area (Å²) < 4.78 is 0. The van der Waals surface area contributed by atoms with E-state index in [2.05, 4.69) is 22.5 Å². The lowest BCUT2D eigenvalue weighted by Crippen LogP contribution is -2.20. The maximum absolute atomic E-state index is 11.7. The maximum Gasteiger partial charge on any atom is 0.244 e. The van der Waals surface area contributed by atoms with Gasteiger partial charge in [0.05, 0.1) is 6.54 Å². The highest BCUT2D eigenvalue weighted by molar-refractivity contribution is 5.92. The van der Waals surface area contributed by atoms with Crippen LogP contribution in [0.5, 0.6) is 0 Å². The molecule has 2 amide bonds. The molecule has 0 saturated heterocycles. The molecule has 4 heteroatoms. The second-order valence-corrected chi connectivity index (χ2v) is 5.02. The van der Waals surface area contributed by atoms with Crippen LogP contribution in [0, 0.1) is 11.8 Å². The number of benzene rings is 2. The van der Waals surface area contributed by atoms with Gasteiger partial charge in [0.1, 0.15) is 0 Å². The molecule has 120 valence electrons. The average molecular weight is 318 g/mol. The summed E-state index contributed by atoms with van der Waals surface area (Å²) in [5.41, 5.74) is 2.51. The summed E-state index contributed by atoms with van der Waals surface area (Å²) in [5.74, 6) is 5.55. The second kappa shape index (κ2) is 8.96. The molecule has 0 aliphatic rings. The summed E-state index contributed by atoms with van der Waals surface area (Å²) in [7, 11) is 0. The Bertz CT molecular complexity index is 782. The van der Waals surface area contributed by atoms with Crippen molar-refractivity contribution in [3.05, 3.63) is 71.8 Å². The fourth-order valence-electron chi connectivity index (χ4n) is 1.91. The molecule has 0 aliphatic carbocycles. The lowest BCUT2D eigenvalue weighted by Gasteiger charge is -2.01. The molecule has 0 spiro atoms. The van der Waals surface area contributed by atoms with Crippen molar-refractivity contribution in [3.63, 3.8) is 0 Å². The number of hydrogen-bond acceptors (Lipinski definition) is 2. The van der Waals surface area contributed by atoms with Gasteiger partial charge in [-0.05, 0) is 35.9 Å². The molecule has 0 fully saturated rings. The molecular weight excluding hydrogens is 300 g/mol. The summed E-state index contributed by atoms with van der Waals surface area (Å²) in [6.07, 6.45) is 3.16. The summed E-state index contributed by atoms with van der Waals surface area (Å²) >= 11 is 0. The normalized spacial score (nSPS) is 9.88. The zero-order chi connectivity index (χ0) is 17.2. The molecule has 0 bridgehead atoms. The predicted octanol–water partition coefficient (Wildman–Crippen LogP) is 2.83. The lowest BCUT2D eigenvalue weighted by atomic mass is 10.2. The molecule has 2 aromatic carbocycles. The topological polar surface area (TPSA) is 58.2 Å². The van der Waals surface area contributed by atoms with Gasteiger partial charge >= 0.3 is 0 Å². The van der Waals surface area contributed by atoms with Gasteiger partial charge in [-0.1, -0.05) is 42.2 Å². The molecule has 0 aromatic heterocycles. The average Bonchev–Trinajstić information content (AvgIpc) is 2.58. The summed E-state index contributed by atoms with van der Waals surface area (Å²) in [6.45, 7) is 1.75. The van der Waals surface area contributed by atoms with E-state index in [0.29, 0.717) is 6.54 Å². The minimum atomic E-state index is -0.205. The van der Waals surface area contributed by atoms with Crippen LogP contribution in [-0.2, 0) is 9.59 Å². The summed E-state index contributed by atoms with van der Waals surface area (Å²) in [5, 5.41) is 5.39. The van der Waals surface area contributed by atoms with Crippen LogP contribution in [0.1, 0.15) is 18.1 Å². The van der Waals surface area contributed by atoms with Gasteiger partial charge in [-0.3, -0.25) is 9.59 Å². The van der Waals surface area contributed by atoms with Crippen molar-refractivity contribution in [1.29, 1.82) is 0 Å². The van der Waals surface area contributed by atoms with Crippen molar-refractivity contribution in [1.82, 2.24) is 5.32 Å². The number of carbonyl (C=O) groups is 2. The highest BCUT2D eigenvalue weighted by Crippen LogP contribution is 2.10. The Morgan fingerprint density at radius 1 is 1.04 bits per heavy atom. The van der Waals surface area contributed by atoms with Crippen molar-refractivity contribution in [2.24, 2.45) is 0 Å². The van der Waals surface area contributed by atoms with Gasteiger partial charge in [-0.15, -0.1) is 0 Å². The molecule has 0 aliphatic heterocycles. The minimum absolute atomic E-state index is 0.116. The highest BCUT2D eigenvalue weighted by atomic mass is 16.2. The first-order valence-corrected chi connectivity index (χ1v) is 7.51. The first-order chi connectivity index (χ1) is 11.6. The van der Waals surface area contributed by atoms with Gasteiger partial charge in [0.2, 0.25) is 11.8 Å². The molecule has 4 nitrogen and oxygen atoms in total. The Hall–Kier alpha value is -3.32. The fourth-order valence-corrected chi connectivity index (χ4v) is 1.91. The molecule has 2 N–H and O–H groups in total. The number of carbonyl (C=O) groups excluding carboxylic acids is 2. The molecule has 0 unspecified atom stereocenters. The van der Waals surface area contributed by atoms with E-state index in [-0.39, 0.29) is 11.8 Å². The molecule has 2 aromatic rings. The Kier molecular flexibility index (Phi) is 6.36. The van der Waals surface area contributed by atoms with Gasteiger partial charge in [0.15, 0.2) is 0 Å². The first kappa shape index (κ1) is 17.0. The number of amides is 2. The second-order valence-electron chi connectivity index (χ2n) is 5.02. The molecule has 0 heterocycles. The minimum Gasteiger partial charge on any atom is -0.342 e. The molecule has 0 saturated carbocycles. The standard InChI is InChI=1S/C20H18N2O2/c1-16(23)22-19-12-9-18(10-13-19)11-14-20(24)21-15-5-8-17-6-3-2-4-7-17/h2-4,6-7,9-14H,15H2,1H3,(H,21,24)(H,22,23)/b14-11+. The predicted molar refractivity (Wildman–Crippen MR) is 96.1 cm³/mol. The highest BCUT2D eigenvalue weighted by Gasteiger charge is 1.96. The number of nitrogens with one attached hydrogen (secondary N) is 2. The lowest BCUT2D eigenvalue weighted by molar-refractivity contribution is -0.116. The van der Waals surface area contributed by atoms with E-state index in [9.17, 15) is 9.59 Å². The molecule has 0 radical (unpaired) electrons. The van der Waals surface area contributed by atoms with Crippen LogP contribution in [0.2, 0.25) is 0 Å². The van der Waals surface area contributed by atoms with Crippen LogP contribution < -0.4 is 10.6 Å². The van der Waals surface area contributed by atoms with Crippen LogP contribution in [0.15, 0.2) is 60.7 Å². The Morgan fingerprint density at radius 2 is 1.75 bits per heavy atom. The van der Waals surface area contributed by atoms with Crippen molar-refractivity contribution in [2.75, 3.05) is 11.9 Å². The summed E-state index contributed by atoms with van der Waals surface area (Å²) in [4.78, 5) is 22.7. The first-order valence-electron chi connectivity index (χ1n) is 7.51. The van der Waals surface area contributed by atoms with Gasteiger partial charge in [-0.2, -0.15) is 0 Å². The van der Waals surface area contributed by atoms with Crippen LogP contribution in [-0.4, -0.2) is 18.4 Å². The van der Waals surface area contributed by atoms with E-state index in [1.165, 1.54) is 13.0 Å². The van der Waals surface area contributed by atoms with E-state index in [1.807, 2.05) is 42.5 Å². The third-order valence-corrected chi connectivity index (χ3v) is 3.02. The summed E-state index contributed by atoms with van der Waals surface area (Å²) in [6, 6.07) is 16.8. The van der Waals surface area contributed by atoms with Gasteiger partial charge in [-0.25, -0.2) is 0 Å². The zero-order valence-corrected chi connectivity index (χ0v) is 13.4. The Morgan fingerprint density at radius 3 is 2.42 bits per heavy atom. The van der Waals surface area contributed by atoms with E-state index in [1.54, 1.807) is 18.2 Å². The monoisotopic (exact) mass is 318 g/mol. The zero-order valence-electron chi connectivity index (χ0n) is 13.4. The SMILES string of the molecule is CC(=O)Nc1ccc(/C=C/C(=O)NCC#Cc2ccccc2)cc1. The van der Waals surface area contributed by atoms with Crippen LogP contribution in [0.3, 0.4) is 0 Å². The van der Waals surface area contributed by atoms with E-state index >= 15 is 0 Å². The molecule has 24 heavy (non-hydrogen) atoms. The van der Waals surface area contributed by atoms with Gasteiger partial charge < -0.3 is 10.6 Å². The van der Waals surface area contributed by atoms with Crippen molar-refractivity contribution >= 4 is 23.6 Å². The van der Waals surface area contributed by atoms with Crippen molar-refractivity contribution in [3.8, 4) is 11.8 Å². The molecule has 0 atom stereocenters. The quantitative estimate of drug-likeness (QED) is 0.673. The number of hydrogen-bond donors (Lipinski definition) is 2. The Labute approximate surface area is 141 Å². The van der Waals surface area contributed by atoms with Gasteiger partial charge in [0.25, 0.3) is 0 Å². The third kappa shape index (κ3) is 6.20. The smallest absolute Gasteiger partial charge is 0.244 e. The van der Waals surface area contributed by atoms with E-state index < -0.39 is 0 Å². The van der Waals surface area contributed by atoms with Crippen molar-refractivity contribution in [2.45, 2.75) is 6.92 Å². The molecular formula is C20H18N2O2. The maximum atomic E-state index is 11.7. The number of rotatable bonds is 4. The van der Waals surface area contributed by atoms with Crippen LogP contribution in [0.4, 0.5) is 5.69 Å². The van der Waals surface area contributed by atoms with E-state index in [4.69, 9.17) is 0 Å². The fraction of sp³-hybridized carbons (Fsp3) is 0.100. The van der Waals surface area contributed by atoms with Gasteiger partial charge in [0, 0.05) is 24.3 Å². The Balaban J connectivity index is 1.80. The van der Waals surface area contributed by atoms with Crippen LogP contribution >= 0.6 is 0 Å². The van der Waals surface area contributed by atoms with Crippen molar-refractivity contribution < 1.29 is 9.59 Å².